The lowest BCUT2D eigenvalue weighted by Crippen LogP contribution is -2.34. The van der Waals surface area contributed by atoms with E-state index in [-0.39, 0.29) is 17.8 Å². The van der Waals surface area contributed by atoms with E-state index in [1.54, 1.807) is 0 Å². The van der Waals surface area contributed by atoms with Crippen molar-refractivity contribution in [2.45, 2.75) is 12.5 Å². The van der Waals surface area contributed by atoms with Gasteiger partial charge in [-0.2, -0.15) is 0 Å². The lowest BCUT2D eigenvalue weighted by atomic mass is 10.1. The SMILES string of the molecule is C=C1CC(C(=C)OC)N(C(=C)OC)C1=O. The summed E-state index contributed by atoms with van der Waals surface area (Å²) >= 11 is 0. The van der Waals surface area contributed by atoms with Crippen LogP contribution in [0, 0.1) is 0 Å². The van der Waals surface area contributed by atoms with Gasteiger partial charge in [-0.25, -0.2) is 0 Å². The van der Waals surface area contributed by atoms with Crippen LogP contribution in [0.25, 0.3) is 0 Å². The molecule has 1 aliphatic heterocycles. The molecule has 4 heteroatoms. The molecule has 1 heterocycles. The Morgan fingerprint density at radius 3 is 2.47 bits per heavy atom. The van der Waals surface area contributed by atoms with Gasteiger partial charge in [0.2, 0.25) is 0 Å². The van der Waals surface area contributed by atoms with E-state index in [0.717, 1.165) is 0 Å². The third-order valence-corrected chi connectivity index (χ3v) is 2.41. The van der Waals surface area contributed by atoms with Gasteiger partial charge in [0.15, 0.2) is 5.88 Å². The fraction of sp³-hybridized carbons (Fsp3) is 0.364. The minimum absolute atomic E-state index is 0.190. The molecule has 82 valence electrons. The third-order valence-electron chi connectivity index (χ3n) is 2.41. The largest absolute Gasteiger partial charge is 0.500 e. The summed E-state index contributed by atoms with van der Waals surface area (Å²) in [5.74, 6) is 0.590. The molecule has 1 aliphatic rings. The molecule has 0 spiro atoms. The van der Waals surface area contributed by atoms with Crippen LogP contribution in [0.1, 0.15) is 6.42 Å². The van der Waals surface area contributed by atoms with E-state index < -0.39 is 0 Å². The topological polar surface area (TPSA) is 38.8 Å². The average Bonchev–Trinajstić information content (AvgIpc) is 2.53. The van der Waals surface area contributed by atoms with Crippen LogP contribution in [-0.2, 0) is 14.3 Å². The Morgan fingerprint density at radius 1 is 1.40 bits per heavy atom. The summed E-state index contributed by atoms with van der Waals surface area (Å²) in [6.07, 6.45) is 0.494. The Kier molecular flexibility index (Phi) is 3.19. The second kappa shape index (κ2) is 4.21. The predicted molar refractivity (Wildman–Crippen MR) is 56.7 cm³/mol. The van der Waals surface area contributed by atoms with E-state index in [2.05, 4.69) is 19.7 Å². The van der Waals surface area contributed by atoms with Gasteiger partial charge in [-0.15, -0.1) is 0 Å². The zero-order valence-corrected chi connectivity index (χ0v) is 9.08. The molecule has 0 aromatic rings. The summed E-state index contributed by atoms with van der Waals surface area (Å²) in [5.41, 5.74) is 0.511. The van der Waals surface area contributed by atoms with Gasteiger partial charge in [0.25, 0.3) is 5.91 Å². The normalized spacial score (nSPS) is 20.4. The lowest BCUT2D eigenvalue weighted by molar-refractivity contribution is -0.126. The Hall–Kier alpha value is -1.71. The zero-order chi connectivity index (χ0) is 11.6. The van der Waals surface area contributed by atoms with E-state index in [1.807, 2.05) is 0 Å². The maximum atomic E-state index is 11.7. The van der Waals surface area contributed by atoms with Crippen LogP contribution in [-0.4, -0.2) is 31.1 Å². The molecular weight excluding hydrogens is 194 g/mol. The number of methoxy groups -OCH3 is 2. The van der Waals surface area contributed by atoms with Crippen molar-refractivity contribution in [2.75, 3.05) is 14.2 Å². The highest BCUT2D eigenvalue weighted by Crippen LogP contribution is 2.30. The molecule has 0 bridgehead atoms. The number of ether oxygens (including phenoxy) is 2. The maximum Gasteiger partial charge on any atom is 0.256 e. The van der Waals surface area contributed by atoms with Gasteiger partial charge in [0.1, 0.15) is 11.8 Å². The van der Waals surface area contributed by atoms with Gasteiger partial charge in [0.05, 0.1) is 14.2 Å². The first kappa shape index (κ1) is 11.4. The molecule has 1 saturated heterocycles. The average molecular weight is 209 g/mol. The third kappa shape index (κ3) is 1.88. The van der Waals surface area contributed by atoms with E-state index in [4.69, 9.17) is 9.47 Å². The lowest BCUT2D eigenvalue weighted by Gasteiger charge is -2.25. The summed E-state index contributed by atoms with van der Waals surface area (Å²) in [6, 6.07) is -0.262. The van der Waals surface area contributed by atoms with Crippen LogP contribution < -0.4 is 0 Å². The second-order valence-electron chi connectivity index (χ2n) is 3.27. The van der Waals surface area contributed by atoms with Crippen molar-refractivity contribution in [3.63, 3.8) is 0 Å². The Balaban J connectivity index is 2.97. The standard InChI is InChI=1S/C11H15NO3/c1-7-6-10(8(2)14-4)12(11(7)13)9(3)15-5/h10H,1-3,6H2,4-5H3. The van der Waals surface area contributed by atoms with Crippen molar-refractivity contribution < 1.29 is 14.3 Å². The number of carbonyl (C=O) groups is 1. The van der Waals surface area contributed by atoms with Gasteiger partial charge >= 0.3 is 0 Å². The number of carbonyl (C=O) groups excluding carboxylic acids is 1. The number of hydrogen-bond donors (Lipinski definition) is 0. The Morgan fingerprint density at radius 2 is 2.00 bits per heavy atom. The van der Waals surface area contributed by atoms with Crippen molar-refractivity contribution in [3.8, 4) is 0 Å². The molecular formula is C11H15NO3. The van der Waals surface area contributed by atoms with E-state index in [9.17, 15) is 4.79 Å². The van der Waals surface area contributed by atoms with Crippen molar-refractivity contribution >= 4 is 5.91 Å². The molecule has 0 aromatic carbocycles. The summed E-state index contributed by atoms with van der Waals surface area (Å²) < 4.78 is 9.98. The second-order valence-corrected chi connectivity index (χ2v) is 3.27. The first-order valence-electron chi connectivity index (χ1n) is 4.50. The first-order chi connectivity index (χ1) is 7.02. The van der Waals surface area contributed by atoms with Crippen LogP contribution >= 0.6 is 0 Å². The van der Waals surface area contributed by atoms with Gasteiger partial charge in [0, 0.05) is 12.0 Å². The van der Waals surface area contributed by atoms with Crippen LogP contribution in [0.2, 0.25) is 0 Å². The molecule has 1 amide bonds. The molecule has 1 rings (SSSR count). The van der Waals surface area contributed by atoms with Gasteiger partial charge in [-0.3, -0.25) is 9.69 Å². The molecule has 0 saturated carbocycles. The highest BCUT2D eigenvalue weighted by atomic mass is 16.5. The quantitative estimate of drug-likeness (QED) is 0.519. The van der Waals surface area contributed by atoms with E-state index in [0.29, 0.717) is 17.8 Å². The summed E-state index contributed by atoms with van der Waals surface area (Å²) in [5, 5.41) is 0. The predicted octanol–water partition coefficient (Wildman–Crippen LogP) is 1.42. The Bertz CT molecular complexity index is 333. The fourth-order valence-corrected chi connectivity index (χ4v) is 1.50. The number of hydrogen-bond acceptors (Lipinski definition) is 3. The minimum Gasteiger partial charge on any atom is -0.500 e. The van der Waals surface area contributed by atoms with Crippen LogP contribution in [0.5, 0.6) is 0 Å². The molecule has 0 aliphatic carbocycles. The zero-order valence-electron chi connectivity index (χ0n) is 9.08. The molecule has 0 N–H and O–H groups in total. The van der Waals surface area contributed by atoms with Crippen molar-refractivity contribution in [1.29, 1.82) is 0 Å². The van der Waals surface area contributed by atoms with Crippen LogP contribution in [0.3, 0.4) is 0 Å². The van der Waals surface area contributed by atoms with Gasteiger partial charge in [-0.05, 0) is 6.58 Å². The highest BCUT2D eigenvalue weighted by molar-refractivity contribution is 5.96. The van der Waals surface area contributed by atoms with E-state index >= 15 is 0 Å². The number of rotatable bonds is 4. The van der Waals surface area contributed by atoms with Gasteiger partial charge in [-0.1, -0.05) is 13.2 Å². The fourth-order valence-electron chi connectivity index (χ4n) is 1.50. The molecule has 1 unspecified atom stereocenters. The Labute approximate surface area is 89.5 Å². The molecule has 0 aromatic heterocycles. The monoisotopic (exact) mass is 209 g/mol. The van der Waals surface area contributed by atoms with Gasteiger partial charge < -0.3 is 9.47 Å². The molecule has 4 nitrogen and oxygen atoms in total. The number of likely N-dealkylation sites (tertiary alicyclic amines) is 1. The maximum absolute atomic E-state index is 11.7. The minimum atomic E-state index is -0.262. The number of nitrogens with zero attached hydrogens (tertiary/aromatic N) is 1. The van der Waals surface area contributed by atoms with Crippen molar-refractivity contribution in [2.24, 2.45) is 0 Å². The summed E-state index contributed by atoms with van der Waals surface area (Å²) in [6.45, 7) is 11.1. The highest BCUT2D eigenvalue weighted by Gasteiger charge is 2.38. The summed E-state index contributed by atoms with van der Waals surface area (Å²) in [7, 11) is 2.98. The molecule has 0 radical (unpaired) electrons. The molecule has 15 heavy (non-hydrogen) atoms. The molecule has 1 atom stereocenters. The van der Waals surface area contributed by atoms with Crippen molar-refractivity contribution in [3.05, 3.63) is 37.0 Å². The van der Waals surface area contributed by atoms with E-state index in [1.165, 1.54) is 19.1 Å². The smallest absolute Gasteiger partial charge is 0.256 e. The molecule has 1 fully saturated rings. The summed E-state index contributed by atoms with van der Waals surface area (Å²) in [4.78, 5) is 13.1. The van der Waals surface area contributed by atoms with Crippen LogP contribution in [0.15, 0.2) is 37.0 Å². The number of amides is 1. The first-order valence-corrected chi connectivity index (χ1v) is 4.50. The van der Waals surface area contributed by atoms with Crippen LogP contribution in [0.4, 0.5) is 0 Å². The van der Waals surface area contributed by atoms with Crippen molar-refractivity contribution in [1.82, 2.24) is 4.90 Å².